The molecule has 2 heterocycles. The number of pyridine rings is 1. The normalized spacial score (nSPS) is 36.9. The molecule has 1 aromatic heterocycles. The lowest BCUT2D eigenvalue weighted by Gasteiger charge is -2.60. The van der Waals surface area contributed by atoms with E-state index in [-0.39, 0.29) is 29.5 Å². The lowest BCUT2D eigenvalue weighted by Crippen LogP contribution is -2.60. The second-order valence-electron chi connectivity index (χ2n) is 11.1. The van der Waals surface area contributed by atoms with Crippen LogP contribution in [0.4, 0.5) is 13.2 Å². The van der Waals surface area contributed by atoms with Crippen LogP contribution in [0.1, 0.15) is 50.8 Å². The van der Waals surface area contributed by atoms with E-state index in [1.165, 1.54) is 6.07 Å². The van der Waals surface area contributed by atoms with Crippen LogP contribution in [0.2, 0.25) is 0 Å². The van der Waals surface area contributed by atoms with Crippen LogP contribution in [0.3, 0.4) is 0 Å². The van der Waals surface area contributed by atoms with Gasteiger partial charge >= 0.3 is 6.18 Å². The molecule has 3 fully saturated rings. The zero-order valence-electron chi connectivity index (χ0n) is 20.1. The average Bonchev–Trinajstić information content (AvgIpc) is 3.61. The molecule has 5 rings (SSSR count). The first kappa shape index (κ1) is 24.5. The first-order valence-electron chi connectivity index (χ1n) is 12.3. The third-order valence-electron chi connectivity index (χ3n) is 9.07. The smallest absolute Gasteiger partial charge is 0.396 e. The number of hydrogen-bond acceptors (Lipinski definition) is 4. The topological polar surface area (TPSA) is 65.9 Å². The van der Waals surface area contributed by atoms with Crippen molar-refractivity contribution in [1.29, 1.82) is 0 Å². The maximum atomic E-state index is 13.1. The summed E-state index contributed by atoms with van der Waals surface area (Å²) in [7, 11) is 0. The molecular formula is C28H32F3NO3. The Morgan fingerprint density at radius 2 is 1.89 bits per heavy atom. The van der Waals surface area contributed by atoms with Gasteiger partial charge in [-0.15, -0.1) is 0 Å². The van der Waals surface area contributed by atoms with Gasteiger partial charge in [0.15, 0.2) is 0 Å². The van der Waals surface area contributed by atoms with Gasteiger partial charge in [0.25, 0.3) is 0 Å². The molecule has 6 atom stereocenters. The highest BCUT2D eigenvalue weighted by Crippen LogP contribution is 2.65. The molecule has 1 unspecified atom stereocenters. The summed E-state index contributed by atoms with van der Waals surface area (Å²) in [5.74, 6) is 0.293. The van der Waals surface area contributed by atoms with Crippen molar-refractivity contribution in [3.05, 3.63) is 59.9 Å². The molecule has 2 N–H and O–H groups in total. The highest BCUT2D eigenvalue weighted by molar-refractivity contribution is 5.64. The Morgan fingerprint density at radius 3 is 2.51 bits per heavy atom. The van der Waals surface area contributed by atoms with Crippen LogP contribution in [-0.2, 0) is 10.9 Å². The molecule has 4 nitrogen and oxygen atoms in total. The lowest BCUT2D eigenvalue weighted by atomic mass is 9.45. The van der Waals surface area contributed by atoms with Crippen molar-refractivity contribution in [2.45, 2.75) is 57.4 Å². The summed E-state index contributed by atoms with van der Waals surface area (Å²) in [6, 6.07) is 8.86. The molecule has 0 radical (unpaired) electrons. The molecule has 2 saturated carbocycles. The number of aliphatic hydroxyl groups excluding tert-OH is 2. The Balaban J connectivity index is 1.40. The van der Waals surface area contributed by atoms with Crippen LogP contribution in [0.25, 0.3) is 17.2 Å². The summed E-state index contributed by atoms with van der Waals surface area (Å²) in [5, 5.41) is 20.9. The van der Waals surface area contributed by atoms with Crippen molar-refractivity contribution in [1.82, 2.24) is 4.98 Å². The van der Waals surface area contributed by atoms with E-state index in [0.29, 0.717) is 24.2 Å². The summed E-state index contributed by atoms with van der Waals surface area (Å²) < 4.78 is 45.2. The molecule has 35 heavy (non-hydrogen) atoms. The highest BCUT2D eigenvalue weighted by atomic mass is 19.4. The summed E-state index contributed by atoms with van der Waals surface area (Å²) in [6.07, 6.45) is 4.15. The summed E-state index contributed by atoms with van der Waals surface area (Å²) in [5.41, 5.74) is 0.280. The molecule has 0 bridgehead atoms. The highest BCUT2D eigenvalue weighted by Gasteiger charge is 2.66. The number of aromatic nitrogens is 1. The van der Waals surface area contributed by atoms with Crippen molar-refractivity contribution in [2.24, 2.45) is 22.7 Å². The van der Waals surface area contributed by atoms with E-state index in [1.807, 2.05) is 19.1 Å². The summed E-state index contributed by atoms with van der Waals surface area (Å²) in [6.45, 7) is 4.93. The van der Waals surface area contributed by atoms with Crippen LogP contribution in [0, 0.1) is 22.7 Å². The minimum atomic E-state index is -4.39. The van der Waals surface area contributed by atoms with Crippen LogP contribution in [0.5, 0.6) is 0 Å². The number of fused-ring (bicyclic) bond motifs is 1. The summed E-state index contributed by atoms with van der Waals surface area (Å²) >= 11 is 0. The van der Waals surface area contributed by atoms with Gasteiger partial charge in [0.1, 0.15) is 0 Å². The first-order valence-corrected chi connectivity index (χ1v) is 12.3. The Labute approximate surface area is 203 Å². The molecule has 1 aromatic carbocycles. The summed E-state index contributed by atoms with van der Waals surface area (Å²) in [4.78, 5) is 4.49. The number of nitrogens with zero attached hydrogens (tertiary/aromatic N) is 1. The Morgan fingerprint density at radius 1 is 1.11 bits per heavy atom. The fourth-order valence-corrected chi connectivity index (χ4v) is 6.89. The molecule has 1 aliphatic heterocycles. The fourth-order valence-electron chi connectivity index (χ4n) is 6.89. The van der Waals surface area contributed by atoms with E-state index < -0.39 is 23.3 Å². The van der Waals surface area contributed by atoms with Gasteiger partial charge in [-0.25, -0.2) is 0 Å². The number of epoxide rings is 1. The van der Waals surface area contributed by atoms with Gasteiger partial charge in [-0.1, -0.05) is 38.1 Å². The molecule has 188 valence electrons. The standard InChI is InChI=1S/C28H32F3NO3/c1-25-12-11-24(34)26(2,16-33)22(25)10-13-27(17-35-27)23(25)9-8-21-7-6-19(15-32-21)18-4-3-5-20(14-18)28(29,30)31/h3-9,14-15,22-24,33-34H,10-13,16-17H2,1-2H3/b9-8+/t22-,23-,24+,25+,26-,27?/m0/s1. The molecular weight excluding hydrogens is 455 g/mol. The van der Waals surface area contributed by atoms with Gasteiger partial charge in [-0.2, -0.15) is 13.2 Å². The van der Waals surface area contributed by atoms with Gasteiger partial charge in [0.2, 0.25) is 0 Å². The van der Waals surface area contributed by atoms with E-state index in [2.05, 4.69) is 18.0 Å². The molecule has 2 aliphatic carbocycles. The van der Waals surface area contributed by atoms with Gasteiger partial charge in [0.05, 0.1) is 36.2 Å². The molecule has 2 aromatic rings. The van der Waals surface area contributed by atoms with Gasteiger partial charge in [-0.3, -0.25) is 4.98 Å². The maximum absolute atomic E-state index is 13.1. The lowest BCUT2D eigenvalue weighted by molar-refractivity contribution is -0.166. The zero-order valence-corrected chi connectivity index (χ0v) is 20.1. The second-order valence-corrected chi connectivity index (χ2v) is 11.1. The van der Waals surface area contributed by atoms with E-state index in [0.717, 1.165) is 37.1 Å². The van der Waals surface area contributed by atoms with Crippen LogP contribution in [-0.4, -0.2) is 40.1 Å². The predicted molar refractivity (Wildman–Crippen MR) is 127 cm³/mol. The number of ether oxygens (including phenoxy) is 1. The van der Waals surface area contributed by atoms with Gasteiger partial charge in [-0.05, 0) is 66.9 Å². The molecule has 1 spiro atoms. The van der Waals surface area contributed by atoms with E-state index >= 15 is 0 Å². The fraction of sp³-hybridized carbons (Fsp3) is 0.536. The minimum Gasteiger partial charge on any atom is -0.396 e. The molecule has 3 aliphatic rings. The van der Waals surface area contributed by atoms with Crippen molar-refractivity contribution in [2.75, 3.05) is 13.2 Å². The Bertz CT molecular complexity index is 1110. The number of halogens is 3. The van der Waals surface area contributed by atoms with Crippen LogP contribution >= 0.6 is 0 Å². The number of aliphatic hydroxyl groups is 2. The van der Waals surface area contributed by atoms with Crippen LogP contribution in [0.15, 0.2) is 48.7 Å². The number of rotatable bonds is 4. The van der Waals surface area contributed by atoms with Crippen molar-refractivity contribution in [3.8, 4) is 11.1 Å². The third-order valence-corrected chi connectivity index (χ3v) is 9.07. The number of hydrogen-bond donors (Lipinski definition) is 2. The SMILES string of the molecule is C[C@]1(CO)[C@H]2CCC3(CO3)[C@@H](/C=C/c3ccc(-c4cccc(C(F)(F)F)c4)cn3)[C@]2(C)CC[C@H]1O. The van der Waals surface area contributed by atoms with E-state index in [1.54, 1.807) is 18.3 Å². The molecule has 1 saturated heterocycles. The van der Waals surface area contributed by atoms with E-state index in [4.69, 9.17) is 4.74 Å². The second kappa shape index (κ2) is 8.43. The van der Waals surface area contributed by atoms with E-state index in [9.17, 15) is 23.4 Å². The third kappa shape index (κ3) is 4.11. The largest absolute Gasteiger partial charge is 0.416 e. The number of benzene rings is 1. The predicted octanol–water partition coefficient (Wildman–Crippen LogP) is 5.74. The molecule has 7 heteroatoms. The van der Waals surface area contributed by atoms with Crippen molar-refractivity contribution >= 4 is 6.08 Å². The average molecular weight is 488 g/mol. The van der Waals surface area contributed by atoms with Gasteiger partial charge in [0, 0.05) is 23.1 Å². The molecule has 0 amide bonds. The minimum absolute atomic E-state index is 0.0444. The first-order chi connectivity index (χ1) is 16.5. The van der Waals surface area contributed by atoms with Crippen molar-refractivity contribution < 1.29 is 28.1 Å². The van der Waals surface area contributed by atoms with Gasteiger partial charge < -0.3 is 14.9 Å². The quantitative estimate of drug-likeness (QED) is 0.540. The van der Waals surface area contributed by atoms with Crippen LogP contribution < -0.4 is 0 Å². The number of alkyl halides is 3. The van der Waals surface area contributed by atoms with Crippen molar-refractivity contribution in [3.63, 3.8) is 0 Å². The maximum Gasteiger partial charge on any atom is 0.416 e. The monoisotopic (exact) mass is 487 g/mol. The Hall–Kier alpha value is -2.22. The zero-order chi connectivity index (χ0) is 25.1. The Kier molecular flexibility index (Phi) is 5.89.